The van der Waals surface area contributed by atoms with Gasteiger partial charge in [-0.3, -0.25) is 14.5 Å². The Morgan fingerprint density at radius 2 is 1.87 bits per heavy atom. The third-order valence-corrected chi connectivity index (χ3v) is 4.25. The summed E-state index contributed by atoms with van der Waals surface area (Å²) >= 11 is 0. The van der Waals surface area contributed by atoms with Crippen molar-refractivity contribution in [3.63, 3.8) is 0 Å². The number of hydrogen-bond donors (Lipinski definition) is 0. The standard InChI is InChI=1S/C17H21N3O3/c1-2-16(21)19-9-7-18(8-10-19)13-17(22)20-11-12-23-15-6-4-3-5-14(15)20/h2-6H,1,7-13H2. The molecule has 2 amide bonds. The molecule has 23 heavy (non-hydrogen) atoms. The highest BCUT2D eigenvalue weighted by atomic mass is 16.5. The number of piperazine rings is 1. The van der Waals surface area contributed by atoms with E-state index in [0.29, 0.717) is 45.9 Å². The second-order valence-corrected chi connectivity index (χ2v) is 5.67. The zero-order valence-corrected chi connectivity index (χ0v) is 13.1. The third kappa shape index (κ3) is 3.37. The Bertz CT molecular complexity index is 609. The van der Waals surface area contributed by atoms with Gasteiger partial charge in [-0.2, -0.15) is 0 Å². The highest BCUT2D eigenvalue weighted by molar-refractivity contribution is 5.96. The fourth-order valence-corrected chi connectivity index (χ4v) is 2.96. The number of nitrogens with zero attached hydrogens (tertiary/aromatic N) is 3. The Balaban J connectivity index is 1.59. The molecule has 2 heterocycles. The van der Waals surface area contributed by atoms with Gasteiger partial charge in [0.05, 0.1) is 18.8 Å². The summed E-state index contributed by atoms with van der Waals surface area (Å²) in [5.41, 5.74) is 0.837. The zero-order valence-electron chi connectivity index (χ0n) is 13.1. The highest BCUT2D eigenvalue weighted by Gasteiger charge is 2.26. The van der Waals surface area contributed by atoms with Gasteiger partial charge in [0.1, 0.15) is 12.4 Å². The van der Waals surface area contributed by atoms with Gasteiger partial charge in [-0.25, -0.2) is 0 Å². The van der Waals surface area contributed by atoms with Crippen molar-refractivity contribution in [2.24, 2.45) is 0 Å². The summed E-state index contributed by atoms with van der Waals surface area (Å²) in [5.74, 6) is 0.788. The minimum atomic E-state index is -0.0434. The summed E-state index contributed by atoms with van der Waals surface area (Å²) in [4.78, 5) is 29.9. The maximum Gasteiger partial charge on any atom is 0.246 e. The minimum absolute atomic E-state index is 0.0434. The van der Waals surface area contributed by atoms with E-state index in [1.807, 2.05) is 24.3 Å². The first-order chi connectivity index (χ1) is 11.2. The molecule has 122 valence electrons. The van der Waals surface area contributed by atoms with Crippen LogP contribution in [0.1, 0.15) is 0 Å². The van der Waals surface area contributed by atoms with Crippen LogP contribution in [0.5, 0.6) is 5.75 Å². The number of rotatable bonds is 3. The van der Waals surface area contributed by atoms with Gasteiger partial charge in [0, 0.05) is 26.2 Å². The summed E-state index contributed by atoms with van der Waals surface area (Å²) in [6.07, 6.45) is 1.34. The summed E-state index contributed by atoms with van der Waals surface area (Å²) < 4.78 is 5.59. The topological polar surface area (TPSA) is 53.1 Å². The maximum absolute atomic E-state index is 12.6. The average Bonchev–Trinajstić information content (AvgIpc) is 2.61. The monoisotopic (exact) mass is 315 g/mol. The van der Waals surface area contributed by atoms with Crippen LogP contribution in [-0.4, -0.2) is 67.5 Å². The number of anilines is 1. The predicted molar refractivity (Wildman–Crippen MR) is 87.5 cm³/mol. The summed E-state index contributed by atoms with van der Waals surface area (Å²) in [6, 6.07) is 7.61. The van der Waals surface area contributed by atoms with E-state index in [-0.39, 0.29) is 11.8 Å². The molecular formula is C17H21N3O3. The lowest BCUT2D eigenvalue weighted by Gasteiger charge is -2.36. The Labute approximate surface area is 135 Å². The number of fused-ring (bicyclic) bond motifs is 1. The number of carbonyl (C=O) groups is 2. The lowest BCUT2D eigenvalue weighted by molar-refractivity contribution is -0.128. The van der Waals surface area contributed by atoms with Crippen LogP contribution in [0.4, 0.5) is 5.69 Å². The molecule has 2 aliphatic heterocycles. The van der Waals surface area contributed by atoms with Crippen molar-refractivity contribution in [1.82, 2.24) is 9.80 Å². The Kier molecular flexibility index (Phi) is 4.62. The van der Waals surface area contributed by atoms with Gasteiger partial charge in [0.25, 0.3) is 0 Å². The van der Waals surface area contributed by atoms with Crippen molar-refractivity contribution in [3.05, 3.63) is 36.9 Å². The van der Waals surface area contributed by atoms with Crippen LogP contribution >= 0.6 is 0 Å². The smallest absolute Gasteiger partial charge is 0.246 e. The van der Waals surface area contributed by atoms with Crippen LogP contribution in [0.25, 0.3) is 0 Å². The molecule has 1 aromatic carbocycles. The van der Waals surface area contributed by atoms with Crippen LogP contribution in [0.2, 0.25) is 0 Å². The molecule has 6 heteroatoms. The van der Waals surface area contributed by atoms with E-state index in [1.165, 1.54) is 6.08 Å². The normalized spacial score (nSPS) is 18.1. The van der Waals surface area contributed by atoms with Gasteiger partial charge >= 0.3 is 0 Å². The Morgan fingerprint density at radius 3 is 2.61 bits per heavy atom. The highest BCUT2D eigenvalue weighted by Crippen LogP contribution is 2.30. The van der Waals surface area contributed by atoms with Crippen LogP contribution in [0.3, 0.4) is 0 Å². The average molecular weight is 315 g/mol. The molecular weight excluding hydrogens is 294 g/mol. The molecule has 0 radical (unpaired) electrons. The van der Waals surface area contributed by atoms with Gasteiger partial charge in [0.15, 0.2) is 0 Å². The van der Waals surface area contributed by atoms with Crippen LogP contribution < -0.4 is 9.64 Å². The second-order valence-electron chi connectivity index (χ2n) is 5.67. The number of benzene rings is 1. The van der Waals surface area contributed by atoms with E-state index >= 15 is 0 Å². The molecule has 0 unspecified atom stereocenters. The molecule has 0 atom stereocenters. The van der Waals surface area contributed by atoms with E-state index < -0.39 is 0 Å². The van der Waals surface area contributed by atoms with E-state index in [4.69, 9.17) is 4.74 Å². The molecule has 0 spiro atoms. The fraction of sp³-hybridized carbons (Fsp3) is 0.412. The molecule has 0 bridgehead atoms. The van der Waals surface area contributed by atoms with Gasteiger partial charge in [-0.15, -0.1) is 0 Å². The first-order valence-electron chi connectivity index (χ1n) is 7.85. The van der Waals surface area contributed by atoms with Crippen molar-refractivity contribution in [2.45, 2.75) is 0 Å². The quantitative estimate of drug-likeness (QED) is 0.772. The third-order valence-electron chi connectivity index (χ3n) is 4.25. The number of ether oxygens (including phenoxy) is 1. The molecule has 0 saturated carbocycles. The van der Waals surface area contributed by atoms with E-state index in [9.17, 15) is 9.59 Å². The van der Waals surface area contributed by atoms with Gasteiger partial charge in [0.2, 0.25) is 11.8 Å². The van der Waals surface area contributed by atoms with Crippen LogP contribution in [0.15, 0.2) is 36.9 Å². The molecule has 1 fully saturated rings. The molecule has 1 aromatic rings. The lowest BCUT2D eigenvalue weighted by Crippen LogP contribution is -2.52. The summed E-state index contributed by atoms with van der Waals surface area (Å²) in [5, 5.41) is 0. The molecule has 0 aromatic heterocycles. The largest absolute Gasteiger partial charge is 0.490 e. The van der Waals surface area contributed by atoms with Crippen LogP contribution in [0, 0.1) is 0 Å². The number of carbonyl (C=O) groups excluding carboxylic acids is 2. The van der Waals surface area contributed by atoms with E-state index in [1.54, 1.807) is 9.80 Å². The SMILES string of the molecule is C=CC(=O)N1CCN(CC(=O)N2CCOc3ccccc32)CC1. The first kappa shape index (κ1) is 15.6. The molecule has 3 rings (SSSR count). The number of amides is 2. The molecule has 2 aliphatic rings. The van der Waals surface area contributed by atoms with Gasteiger partial charge < -0.3 is 14.5 Å². The van der Waals surface area contributed by atoms with Gasteiger partial charge in [-0.05, 0) is 18.2 Å². The van der Waals surface area contributed by atoms with Crippen molar-refractivity contribution in [3.8, 4) is 5.75 Å². The van der Waals surface area contributed by atoms with Crippen molar-refractivity contribution < 1.29 is 14.3 Å². The molecule has 0 N–H and O–H groups in total. The number of para-hydroxylation sites is 2. The van der Waals surface area contributed by atoms with E-state index in [0.717, 1.165) is 11.4 Å². The lowest BCUT2D eigenvalue weighted by atomic mass is 10.2. The van der Waals surface area contributed by atoms with Crippen molar-refractivity contribution in [1.29, 1.82) is 0 Å². The first-order valence-corrected chi connectivity index (χ1v) is 7.85. The molecule has 0 aliphatic carbocycles. The van der Waals surface area contributed by atoms with Crippen molar-refractivity contribution in [2.75, 3.05) is 50.8 Å². The van der Waals surface area contributed by atoms with Crippen LogP contribution in [-0.2, 0) is 9.59 Å². The van der Waals surface area contributed by atoms with Crippen molar-refractivity contribution >= 4 is 17.5 Å². The molecule has 6 nitrogen and oxygen atoms in total. The van der Waals surface area contributed by atoms with E-state index in [2.05, 4.69) is 11.5 Å². The zero-order chi connectivity index (χ0) is 16.2. The predicted octanol–water partition coefficient (Wildman–Crippen LogP) is 0.742. The summed E-state index contributed by atoms with van der Waals surface area (Å²) in [6.45, 7) is 7.65. The summed E-state index contributed by atoms with van der Waals surface area (Å²) in [7, 11) is 0. The molecule has 1 saturated heterocycles. The Hall–Kier alpha value is -2.34. The minimum Gasteiger partial charge on any atom is -0.490 e. The second kappa shape index (κ2) is 6.83. The number of hydrogen-bond acceptors (Lipinski definition) is 4. The van der Waals surface area contributed by atoms with Gasteiger partial charge in [-0.1, -0.05) is 18.7 Å². The fourth-order valence-electron chi connectivity index (χ4n) is 2.96. The maximum atomic E-state index is 12.6. The Morgan fingerprint density at radius 1 is 1.13 bits per heavy atom.